The van der Waals surface area contributed by atoms with E-state index in [-0.39, 0.29) is 11.1 Å². The van der Waals surface area contributed by atoms with Gasteiger partial charge in [0.1, 0.15) is 0 Å². The predicted molar refractivity (Wildman–Crippen MR) is 59.8 cm³/mol. The van der Waals surface area contributed by atoms with Crippen molar-refractivity contribution in [3.63, 3.8) is 0 Å². The average Bonchev–Trinajstić information content (AvgIpc) is 2.31. The summed E-state index contributed by atoms with van der Waals surface area (Å²) in [5, 5.41) is 3.39. The van der Waals surface area contributed by atoms with Crippen molar-refractivity contribution < 1.29 is 4.79 Å². The summed E-state index contributed by atoms with van der Waals surface area (Å²) in [7, 11) is 0. The molecule has 3 rings (SSSR count). The number of fused-ring (bicyclic) bond motifs is 4. The van der Waals surface area contributed by atoms with Crippen LogP contribution in [0.4, 0.5) is 0 Å². The van der Waals surface area contributed by atoms with E-state index < -0.39 is 0 Å². The molecule has 2 unspecified atom stereocenters. The number of aldehydes is 1. The molecule has 84 valence electrons. The van der Waals surface area contributed by atoms with Crippen molar-refractivity contribution >= 4 is 6.29 Å². The summed E-state index contributed by atoms with van der Waals surface area (Å²) in [6.07, 6.45) is 1.81. The minimum absolute atomic E-state index is 0.121. The fourth-order valence-corrected chi connectivity index (χ4v) is 2.90. The van der Waals surface area contributed by atoms with Crippen LogP contribution in [-0.2, 0) is 6.54 Å². The van der Waals surface area contributed by atoms with Gasteiger partial charge in [0, 0.05) is 24.7 Å². The summed E-state index contributed by atoms with van der Waals surface area (Å²) in [5.74, 6) is 0.965. The molecule has 2 aliphatic heterocycles. The maximum Gasteiger partial charge on any atom is 0.261 e. The van der Waals surface area contributed by atoms with Crippen LogP contribution in [0.3, 0.4) is 0 Å². The van der Waals surface area contributed by atoms with Crippen molar-refractivity contribution in [3.8, 4) is 0 Å². The minimum Gasteiger partial charge on any atom is -0.316 e. The second-order valence-electron chi connectivity index (χ2n) is 4.70. The van der Waals surface area contributed by atoms with Crippen LogP contribution in [0.5, 0.6) is 0 Å². The second-order valence-corrected chi connectivity index (χ2v) is 4.70. The zero-order chi connectivity index (χ0) is 11.1. The third-order valence-electron chi connectivity index (χ3n) is 3.67. The summed E-state index contributed by atoms with van der Waals surface area (Å²) in [5.41, 5.74) is 1.24. The molecule has 2 atom stereocenters. The van der Waals surface area contributed by atoms with E-state index in [0.29, 0.717) is 18.1 Å². The first-order chi connectivity index (χ1) is 7.79. The van der Waals surface area contributed by atoms with Crippen LogP contribution in [0, 0.1) is 5.92 Å². The lowest BCUT2D eigenvalue weighted by Crippen LogP contribution is -2.45. The Balaban J connectivity index is 2.16. The summed E-state index contributed by atoms with van der Waals surface area (Å²) < 4.78 is 1.80. The van der Waals surface area contributed by atoms with E-state index in [1.54, 1.807) is 10.6 Å². The van der Waals surface area contributed by atoms with Crippen molar-refractivity contribution in [2.75, 3.05) is 13.1 Å². The van der Waals surface area contributed by atoms with Gasteiger partial charge in [-0.2, -0.15) is 0 Å². The van der Waals surface area contributed by atoms with Gasteiger partial charge in [0.15, 0.2) is 6.29 Å². The van der Waals surface area contributed by atoms with Gasteiger partial charge >= 0.3 is 0 Å². The molecule has 0 radical (unpaired) electrons. The van der Waals surface area contributed by atoms with Crippen molar-refractivity contribution in [2.24, 2.45) is 5.92 Å². The van der Waals surface area contributed by atoms with E-state index in [4.69, 9.17) is 0 Å². The van der Waals surface area contributed by atoms with Crippen LogP contribution >= 0.6 is 0 Å². The Labute approximate surface area is 93.3 Å². The molecule has 3 heterocycles. The van der Waals surface area contributed by atoms with Crippen molar-refractivity contribution in [1.29, 1.82) is 0 Å². The van der Waals surface area contributed by atoms with Gasteiger partial charge < -0.3 is 9.88 Å². The van der Waals surface area contributed by atoms with Crippen molar-refractivity contribution in [1.82, 2.24) is 9.88 Å². The minimum atomic E-state index is -0.121. The maximum absolute atomic E-state index is 12.0. The molecule has 16 heavy (non-hydrogen) atoms. The molecule has 0 aliphatic carbocycles. The number of hydrogen-bond donors (Lipinski definition) is 1. The highest BCUT2D eigenvalue weighted by molar-refractivity contribution is 5.74. The molecule has 1 saturated heterocycles. The fourth-order valence-electron chi connectivity index (χ4n) is 2.90. The maximum atomic E-state index is 12.0. The van der Waals surface area contributed by atoms with Gasteiger partial charge in [-0.3, -0.25) is 9.59 Å². The van der Waals surface area contributed by atoms with Crippen LogP contribution in [0.25, 0.3) is 0 Å². The van der Waals surface area contributed by atoms with Crippen LogP contribution in [0.15, 0.2) is 16.9 Å². The molecule has 0 saturated carbocycles. The molecule has 1 aromatic rings. The summed E-state index contributed by atoms with van der Waals surface area (Å²) >= 11 is 0. The molecule has 1 N–H and O–H groups in total. The standard InChI is InChI=1S/C12H14N2O2/c15-7-9-1-2-11-10-3-8(4-13-5-10)6-14(11)12(9)16/h1-2,7-8,10,13H,3-6H2. The first-order valence-corrected chi connectivity index (χ1v) is 5.69. The van der Waals surface area contributed by atoms with Gasteiger partial charge in [-0.05, 0) is 31.0 Å². The Morgan fingerprint density at radius 2 is 2.25 bits per heavy atom. The molecule has 0 aromatic carbocycles. The van der Waals surface area contributed by atoms with E-state index in [1.807, 2.05) is 6.07 Å². The van der Waals surface area contributed by atoms with E-state index in [2.05, 4.69) is 5.32 Å². The monoisotopic (exact) mass is 218 g/mol. The van der Waals surface area contributed by atoms with E-state index in [0.717, 1.165) is 31.7 Å². The molecular formula is C12H14N2O2. The number of carbonyl (C=O) groups excluding carboxylic acids is 1. The lowest BCUT2D eigenvalue weighted by atomic mass is 9.84. The normalized spacial score (nSPS) is 27.2. The lowest BCUT2D eigenvalue weighted by molar-refractivity contribution is 0.112. The Kier molecular flexibility index (Phi) is 2.17. The highest BCUT2D eigenvalue weighted by Crippen LogP contribution is 2.31. The van der Waals surface area contributed by atoms with Gasteiger partial charge in [0.05, 0.1) is 5.56 Å². The summed E-state index contributed by atoms with van der Waals surface area (Å²) in [6.45, 7) is 2.67. The smallest absolute Gasteiger partial charge is 0.261 e. The Morgan fingerprint density at radius 1 is 1.38 bits per heavy atom. The number of carbonyl (C=O) groups is 1. The van der Waals surface area contributed by atoms with Gasteiger partial charge in [-0.15, -0.1) is 0 Å². The SMILES string of the molecule is O=Cc1ccc2n(c1=O)CC1CNCC2C1. The first-order valence-electron chi connectivity index (χ1n) is 5.69. The lowest BCUT2D eigenvalue weighted by Gasteiger charge is -2.37. The second kappa shape index (κ2) is 3.56. The quantitative estimate of drug-likeness (QED) is 0.693. The third kappa shape index (κ3) is 1.33. The number of nitrogens with one attached hydrogen (secondary N) is 1. The number of piperidine rings is 1. The molecule has 4 heteroatoms. The predicted octanol–water partition coefficient (Wildman–Crippen LogP) is 0.367. The van der Waals surface area contributed by atoms with Crippen molar-refractivity contribution in [2.45, 2.75) is 18.9 Å². The van der Waals surface area contributed by atoms with E-state index in [1.165, 1.54) is 0 Å². The largest absolute Gasteiger partial charge is 0.316 e. The molecule has 0 amide bonds. The number of aromatic nitrogens is 1. The molecular weight excluding hydrogens is 204 g/mol. The average molecular weight is 218 g/mol. The zero-order valence-corrected chi connectivity index (χ0v) is 8.98. The number of hydrogen-bond acceptors (Lipinski definition) is 3. The molecule has 2 bridgehead atoms. The van der Waals surface area contributed by atoms with Crippen LogP contribution < -0.4 is 10.9 Å². The third-order valence-corrected chi connectivity index (χ3v) is 3.67. The fraction of sp³-hybridized carbons (Fsp3) is 0.500. The van der Waals surface area contributed by atoms with Gasteiger partial charge in [0.2, 0.25) is 0 Å². The van der Waals surface area contributed by atoms with E-state index in [9.17, 15) is 9.59 Å². The van der Waals surface area contributed by atoms with Gasteiger partial charge in [-0.1, -0.05) is 0 Å². The molecule has 1 aromatic heterocycles. The highest BCUT2D eigenvalue weighted by atomic mass is 16.1. The molecule has 2 aliphatic rings. The topological polar surface area (TPSA) is 51.1 Å². The van der Waals surface area contributed by atoms with E-state index >= 15 is 0 Å². The van der Waals surface area contributed by atoms with Crippen LogP contribution in [0.1, 0.15) is 28.4 Å². The van der Waals surface area contributed by atoms with Crippen LogP contribution in [0.2, 0.25) is 0 Å². The zero-order valence-electron chi connectivity index (χ0n) is 8.98. The molecule has 4 nitrogen and oxygen atoms in total. The Hall–Kier alpha value is -1.42. The van der Waals surface area contributed by atoms with Crippen molar-refractivity contribution in [3.05, 3.63) is 33.7 Å². The Morgan fingerprint density at radius 3 is 3.06 bits per heavy atom. The Bertz CT molecular complexity index is 492. The van der Waals surface area contributed by atoms with Gasteiger partial charge in [-0.25, -0.2) is 0 Å². The number of pyridine rings is 1. The number of rotatable bonds is 1. The van der Waals surface area contributed by atoms with Crippen LogP contribution in [-0.4, -0.2) is 23.9 Å². The summed E-state index contributed by atoms with van der Waals surface area (Å²) in [4.78, 5) is 22.7. The highest BCUT2D eigenvalue weighted by Gasteiger charge is 2.30. The number of nitrogens with zero attached hydrogens (tertiary/aromatic N) is 1. The first kappa shape index (κ1) is 9.78. The van der Waals surface area contributed by atoms with Gasteiger partial charge in [0.25, 0.3) is 5.56 Å². The molecule has 0 spiro atoms. The summed E-state index contributed by atoms with van der Waals surface area (Å²) in [6, 6.07) is 3.58. The molecule has 1 fully saturated rings.